The molecule has 0 heterocycles. The van der Waals surface area contributed by atoms with E-state index in [-0.39, 0.29) is 31.1 Å². The second kappa shape index (κ2) is 57.7. The number of carbonyl (C=O) groups is 3. The summed E-state index contributed by atoms with van der Waals surface area (Å²) in [6.45, 7) is 6.53. The monoisotopic (exact) mass is 965 g/mol. The minimum absolute atomic E-state index is 0.0806. The van der Waals surface area contributed by atoms with Crippen LogP contribution in [0.3, 0.4) is 0 Å². The molecule has 0 aliphatic carbocycles. The number of hydrogen-bond donors (Lipinski definition) is 0. The van der Waals surface area contributed by atoms with Gasteiger partial charge in [-0.15, -0.1) is 0 Å². The Hall–Kier alpha value is -2.89. The lowest BCUT2D eigenvalue weighted by Gasteiger charge is -2.18. The zero-order valence-corrected chi connectivity index (χ0v) is 45.8. The number of allylic oxidation sites excluding steroid dienone is 10. The van der Waals surface area contributed by atoms with Crippen LogP contribution in [-0.4, -0.2) is 37.2 Å². The molecule has 0 amide bonds. The number of esters is 3. The SMILES string of the molecule is CC/C=C\C/C=C\C/C=C\C/C=C\CCCCCCCCC(=O)OCC(COC(=O)CCCCCCC/C=C\CCCCCC)OC(=O)CCCCCCCCCCCCCCCCCCCCC. The van der Waals surface area contributed by atoms with Gasteiger partial charge in [-0.2, -0.15) is 0 Å². The van der Waals surface area contributed by atoms with Crippen LogP contribution in [0.2, 0.25) is 0 Å². The molecule has 0 N–H and O–H groups in total. The van der Waals surface area contributed by atoms with Gasteiger partial charge in [0.05, 0.1) is 0 Å². The van der Waals surface area contributed by atoms with E-state index in [0.717, 1.165) is 96.3 Å². The third-order valence-corrected chi connectivity index (χ3v) is 13.0. The average molecular weight is 966 g/mol. The molecule has 0 bridgehead atoms. The fourth-order valence-electron chi connectivity index (χ4n) is 8.55. The number of hydrogen-bond acceptors (Lipinski definition) is 6. The molecule has 400 valence electrons. The quantitative estimate of drug-likeness (QED) is 0.0262. The van der Waals surface area contributed by atoms with E-state index in [0.29, 0.717) is 19.3 Å². The first kappa shape index (κ1) is 66.1. The van der Waals surface area contributed by atoms with Crippen molar-refractivity contribution >= 4 is 17.9 Å². The van der Waals surface area contributed by atoms with Gasteiger partial charge in [0.1, 0.15) is 13.2 Å². The molecule has 0 aromatic rings. The molecule has 0 aliphatic heterocycles. The normalized spacial score (nSPS) is 12.4. The first-order chi connectivity index (χ1) is 34.0. The van der Waals surface area contributed by atoms with Gasteiger partial charge >= 0.3 is 17.9 Å². The third-order valence-electron chi connectivity index (χ3n) is 13.0. The highest BCUT2D eigenvalue weighted by Gasteiger charge is 2.19. The predicted octanol–water partition coefficient (Wildman–Crippen LogP) is 20.0. The maximum Gasteiger partial charge on any atom is 0.306 e. The Balaban J connectivity index is 4.36. The van der Waals surface area contributed by atoms with Crippen molar-refractivity contribution in [3.8, 4) is 0 Å². The number of unbranched alkanes of at least 4 members (excludes halogenated alkanes) is 33. The molecule has 0 radical (unpaired) electrons. The zero-order chi connectivity index (χ0) is 50.0. The van der Waals surface area contributed by atoms with Crippen LogP contribution in [0, 0.1) is 0 Å². The van der Waals surface area contributed by atoms with Crippen molar-refractivity contribution < 1.29 is 28.6 Å². The van der Waals surface area contributed by atoms with Crippen molar-refractivity contribution in [1.82, 2.24) is 0 Å². The minimum atomic E-state index is -0.782. The fourth-order valence-corrected chi connectivity index (χ4v) is 8.55. The molecule has 1 atom stereocenters. The maximum absolute atomic E-state index is 12.9. The van der Waals surface area contributed by atoms with Crippen molar-refractivity contribution in [3.63, 3.8) is 0 Å². The Morgan fingerprint density at radius 2 is 0.565 bits per heavy atom. The summed E-state index contributed by atoms with van der Waals surface area (Å²) in [6, 6.07) is 0. The van der Waals surface area contributed by atoms with Gasteiger partial charge in [0.2, 0.25) is 0 Å². The average Bonchev–Trinajstić information content (AvgIpc) is 3.35. The van der Waals surface area contributed by atoms with Crippen LogP contribution in [-0.2, 0) is 28.6 Å². The van der Waals surface area contributed by atoms with E-state index < -0.39 is 6.10 Å². The molecule has 0 rings (SSSR count). The second-order valence-corrected chi connectivity index (χ2v) is 19.9. The lowest BCUT2D eigenvalue weighted by molar-refractivity contribution is -0.167. The second-order valence-electron chi connectivity index (χ2n) is 19.9. The van der Waals surface area contributed by atoms with Crippen LogP contribution in [0.5, 0.6) is 0 Å². The smallest absolute Gasteiger partial charge is 0.306 e. The van der Waals surface area contributed by atoms with Crippen molar-refractivity contribution in [2.24, 2.45) is 0 Å². The highest BCUT2D eigenvalue weighted by Crippen LogP contribution is 2.17. The summed E-state index contributed by atoms with van der Waals surface area (Å²) in [6.07, 6.45) is 72.1. The summed E-state index contributed by atoms with van der Waals surface area (Å²) < 4.78 is 16.9. The van der Waals surface area contributed by atoms with E-state index in [2.05, 4.69) is 81.5 Å². The largest absolute Gasteiger partial charge is 0.462 e. The van der Waals surface area contributed by atoms with Crippen LogP contribution in [0.1, 0.15) is 303 Å². The van der Waals surface area contributed by atoms with E-state index in [1.54, 1.807) is 0 Å². The van der Waals surface area contributed by atoms with E-state index in [9.17, 15) is 14.4 Å². The Morgan fingerprint density at radius 1 is 0.304 bits per heavy atom. The molecular weight excluding hydrogens is 853 g/mol. The number of rotatable bonds is 54. The molecule has 0 aromatic carbocycles. The first-order valence-corrected chi connectivity index (χ1v) is 29.8. The maximum atomic E-state index is 12.9. The van der Waals surface area contributed by atoms with Gasteiger partial charge in [0.15, 0.2) is 6.10 Å². The molecule has 1 unspecified atom stereocenters. The standard InChI is InChI=1S/C63H112O6/c1-4-7-10-13-16-19-22-25-27-29-31-33-35-38-41-44-47-50-53-56-62(65)68-59-60(58-67-61(64)55-52-49-46-43-40-37-24-21-18-15-12-9-6-3)69-63(66)57-54-51-48-45-42-39-36-34-32-30-28-26-23-20-17-14-11-8-5-2/h7,10,16,19,21,24-25,27,31,33,60H,4-6,8-9,11-15,17-18,20,22-23,26,28-30,32,34-59H2,1-3H3/b10-7-,19-16-,24-21-,27-25-,33-31-. The summed E-state index contributed by atoms with van der Waals surface area (Å²) >= 11 is 0. The third kappa shape index (κ3) is 55.9. The van der Waals surface area contributed by atoms with E-state index in [4.69, 9.17) is 14.2 Å². The van der Waals surface area contributed by atoms with Crippen molar-refractivity contribution in [1.29, 1.82) is 0 Å². The molecular formula is C63H112O6. The highest BCUT2D eigenvalue weighted by molar-refractivity contribution is 5.71. The zero-order valence-electron chi connectivity index (χ0n) is 45.8. The molecule has 0 spiro atoms. The summed E-state index contributed by atoms with van der Waals surface area (Å²) in [5.41, 5.74) is 0. The van der Waals surface area contributed by atoms with Gasteiger partial charge < -0.3 is 14.2 Å². The van der Waals surface area contributed by atoms with Gasteiger partial charge in [-0.05, 0) is 83.5 Å². The van der Waals surface area contributed by atoms with Crippen molar-refractivity contribution in [2.75, 3.05) is 13.2 Å². The van der Waals surface area contributed by atoms with Gasteiger partial charge in [0.25, 0.3) is 0 Å². The first-order valence-electron chi connectivity index (χ1n) is 29.8. The molecule has 6 heteroatoms. The Morgan fingerprint density at radius 3 is 0.913 bits per heavy atom. The van der Waals surface area contributed by atoms with Gasteiger partial charge in [-0.3, -0.25) is 14.4 Å². The molecule has 0 fully saturated rings. The van der Waals surface area contributed by atoms with E-state index >= 15 is 0 Å². The Labute approximate surface area is 428 Å². The van der Waals surface area contributed by atoms with Crippen molar-refractivity contribution in [3.05, 3.63) is 60.8 Å². The summed E-state index contributed by atoms with van der Waals surface area (Å²) in [4.78, 5) is 38.2. The van der Waals surface area contributed by atoms with E-state index in [1.165, 1.54) is 167 Å². The van der Waals surface area contributed by atoms with E-state index in [1.807, 2.05) is 0 Å². The number of ether oxygens (including phenoxy) is 3. The topological polar surface area (TPSA) is 78.9 Å². The summed E-state index contributed by atoms with van der Waals surface area (Å²) in [5, 5.41) is 0. The van der Waals surface area contributed by atoms with Crippen LogP contribution >= 0.6 is 0 Å². The van der Waals surface area contributed by atoms with Crippen LogP contribution in [0.15, 0.2) is 60.8 Å². The molecule has 0 aromatic heterocycles. The van der Waals surface area contributed by atoms with Crippen LogP contribution in [0.4, 0.5) is 0 Å². The van der Waals surface area contributed by atoms with Crippen LogP contribution in [0.25, 0.3) is 0 Å². The van der Waals surface area contributed by atoms with Gasteiger partial charge in [0, 0.05) is 19.3 Å². The molecule has 6 nitrogen and oxygen atoms in total. The molecule has 69 heavy (non-hydrogen) atoms. The highest BCUT2D eigenvalue weighted by atomic mass is 16.6. The Bertz CT molecular complexity index is 1250. The minimum Gasteiger partial charge on any atom is -0.462 e. The lowest BCUT2D eigenvalue weighted by atomic mass is 10.0. The van der Waals surface area contributed by atoms with Crippen molar-refractivity contribution in [2.45, 2.75) is 309 Å². The summed E-state index contributed by atoms with van der Waals surface area (Å²) in [5.74, 6) is -0.888. The fraction of sp³-hybridized carbons (Fsp3) is 0.794. The van der Waals surface area contributed by atoms with Gasteiger partial charge in [-0.1, -0.05) is 261 Å². The Kier molecular flexibility index (Phi) is 55.3. The number of carbonyl (C=O) groups excluding carboxylic acids is 3. The molecule has 0 saturated heterocycles. The lowest BCUT2D eigenvalue weighted by Crippen LogP contribution is -2.30. The molecule has 0 saturated carbocycles. The predicted molar refractivity (Wildman–Crippen MR) is 298 cm³/mol. The summed E-state index contributed by atoms with van der Waals surface area (Å²) in [7, 11) is 0. The van der Waals surface area contributed by atoms with Crippen LogP contribution < -0.4 is 0 Å². The van der Waals surface area contributed by atoms with Gasteiger partial charge in [-0.25, -0.2) is 0 Å². The molecule has 0 aliphatic rings.